The van der Waals surface area contributed by atoms with E-state index in [1.807, 2.05) is 35.2 Å². The minimum atomic E-state index is -0.595. The van der Waals surface area contributed by atoms with Crippen LogP contribution in [-0.2, 0) is 6.54 Å². The third kappa shape index (κ3) is 4.13. The predicted octanol–water partition coefficient (Wildman–Crippen LogP) is 2.79. The number of carbonyl (C=O) groups excluding carboxylic acids is 1. The van der Waals surface area contributed by atoms with Gasteiger partial charge in [0.15, 0.2) is 17.0 Å². The van der Waals surface area contributed by atoms with Gasteiger partial charge < -0.3 is 9.80 Å². The lowest BCUT2D eigenvalue weighted by molar-refractivity contribution is -0.384. The highest BCUT2D eigenvalue weighted by atomic mass is 35.5. The van der Waals surface area contributed by atoms with Crippen molar-refractivity contribution in [1.82, 2.24) is 29.9 Å². The van der Waals surface area contributed by atoms with Crippen molar-refractivity contribution in [3.63, 3.8) is 0 Å². The molecule has 4 aromatic rings. The van der Waals surface area contributed by atoms with E-state index >= 15 is 0 Å². The topological polar surface area (TPSA) is 123 Å². The molecule has 2 aromatic heterocycles. The zero-order valence-electron chi connectivity index (χ0n) is 17.9. The largest absolute Gasteiger partial charge is 0.351 e. The fourth-order valence-corrected chi connectivity index (χ4v) is 4.15. The van der Waals surface area contributed by atoms with Gasteiger partial charge in [-0.15, -0.1) is 5.10 Å². The van der Waals surface area contributed by atoms with Crippen molar-refractivity contribution in [2.45, 2.75) is 6.54 Å². The molecule has 2 aromatic carbocycles. The highest BCUT2D eigenvalue weighted by Crippen LogP contribution is 2.27. The fraction of sp³-hybridized carbons (Fsp3) is 0.227. The highest BCUT2D eigenvalue weighted by Gasteiger charge is 2.26. The zero-order valence-corrected chi connectivity index (χ0v) is 18.7. The molecule has 0 saturated carbocycles. The number of nitrogens with zero attached hydrogens (tertiary/aromatic N) is 8. The maximum atomic E-state index is 12.9. The van der Waals surface area contributed by atoms with Crippen LogP contribution < -0.4 is 4.90 Å². The van der Waals surface area contributed by atoms with Crippen LogP contribution in [0.3, 0.4) is 0 Å². The number of rotatable bonds is 5. The van der Waals surface area contributed by atoms with E-state index in [0.717, 1.165) is 5.56 Å². The first-order chi connectivity index (χ1) is 16.5. The number of hydrogen-bond acceptors (Lipinski definition) is 8. The van der Waals surface area contributed by atoms with Gasteiger partial charge in [-0.25, -0.2) is 14.6 Å². The van der Waals surface area contributed by atoms with Crippen molar-refractivity contribution >= 4 is 40.2 Å². The van der Waals surface area contributed by atoms with E-state index in [2.05, 4.69) is 20.3 Å². The Morgan fingerprint density at radius 2 is 1.82 bits per heavy atom. The quantitative estimate of drug-likeness (QED) is 0.317. The van der Waals surface area contributed by atoms with Crippen LogP contribution in [0, 0.1) is 10.1 Å². The number of hydrogen-bond donors (Lipinski definition) is 0. The van der Waals surface area contributed by atoms with Crippen LogP contribution in [-0.4, -0.2) is 66.9 Å². The van der Waals surface area contributed by atoms with Crippen molar-refractivity contribution in [3.05, 3.63) is 81.1 Å². The van der Waals surface area contributed by atoms with E-state index < -0.39 is 4.92 Å². The average molecular weight is 479 g/mol. The summed E-state index contributed by atoms with van der Waals surface area (Å²) < 4.78 is 1.74. The monoisotopic (exact) mass is 478 g/mol. The van der Waals surface area contributed by atoms with Gasteiger partial charge in [-0.1, -0.05) is 47.1 Å². The summed E-state index contributed by atoms with van der Waals surface area (Å²) in [6.45, 7) is 2.46. The molecule has 34 heavy (non-hydrogen) atoms. The van der Waals surface area contributed by atoms with Gasteiger partial charge in [-0.05, 0) is 17.7 Å². The van der Waals surface area contributed by atoms with Crippen LogP contribution in [0.5, 0.6) is 0 Å². The van der Waals surface area contributed by atoms with E-state index in [1.54, 1.807) is 9.58 Å². The molecule has 12 heteroatoms. The number of nitro groups is 1. The Bertz CT molecular complexity index is 1370. The molecule has 5 rings (SSSR count). The molecular weight excluding hydrogens is 460 g/mol. The van der Waals surface area contributed by atoms with Gasteiger partial charge in [-0.3, -0.25) is 14.9 Å². The molecule has 3 heterocycles. The lowest BCUT2D eigenvalue weighted by Crippen LogP contribution is -2.49. The van der Waals surface area contributed by atoms with E-state index in [9.17, 15) is 14.9 Å². The molecule has 0 spiro atoms. The molecule has 1 saturated heterocycles. The summed E-state index contributed by atoms with van der Waals surface area (Å²) in [4.78, 5) is 36.0. The van der Waals surface area contributed by atoms with Crippen molar-refractivity contribution in [2.24, 2.45) is 0 Å². The van der Waals surface area contributed by atoms with Gasteiger partial charge in [0, 0.05) is 37.8 Å². The summed E-state index contributed by atoms with van der Waals surface area (Å²) in [5.41, 5.74) is 2.28. The van der Waals surface area contributed by atoms with Gasteiger partial charge in [-0.2, -0.15) is 0 Å². The molecule has 172 valence electrons. The molecular formula is C22H19ClN8O3. The minimum Gasteiger partial charge on any atom is -0.351 e. The molecule has 0 atom stereocenters. The molecule has 1 aliphatic rings. The number of aromatic nitrogens is 5. The second-order valence-electron chi connectivity index (χ2n) is 7.80. The summed E-state index contributed by atoms with van der Waals surface area (Å²) in [5, 5.41) is 19.7. The smallest absolute Gasteiger partial charge is 0.288 e. The maximum absolute atomic E-state index is 12.9. The standard InChI is InChI=1S/C22H19ClN8O3/c23-17-7-6-16(12-18(17)31(33)34)22(32)29-10-8-28(9-11-29)20-19-21(25-14-24-20)30(27-26-19)13-15-4-2-1-3-5-15/h1-7,12,14H,8-11,13H2. The first kappa shape index (κ1) is 21.7. The number of amides is 1. The molecule has 1 aliphatic heterocycles. The normalized spacial score (nSPS) is 13.9. The molecule has 0 radical (unpaired) electrons. The van der Waals surface area contributed by atoms with E-state index in [-0.39, 0.29) is 22.2 Å². The van der Waals surface area contributed by atoms with E-state index in [1.165, 1.54) is 24.5 Å². The lowest BCUT2D eigenvalue weighted by atomic mass is 10.1. The number of carbonyl (C=O) groups is 1. The van der Waals surface area contributed by atoms with Gasteiger partial charge >= 0.3 is 0 Å². The van der Waals surface area contributed by atoms with Gasteiger partial charge in [0.2, 0.25) is 0 Å². The number of fused-ring (bicyclic) bond motifs is 1. The van der Waals surface area contributed by atoms with Crippen molar-refractivity contribution in [1.29, 1.82) is 0 Å². The predicted molar refractivity (Wildman–Crippen MR) is 125 cm³/mol. The van der Waals surface area contributed by atoms with Gasteiger partial charge in [0.05, 0.1) is 11.5 Å². The maximum Gasteiger partial charge on any atom is 0.288 e. The van der Waals surface area contributed by atoms with Gasteiger partial charge in [0.1, 0.15) is 11.3 Å². The molecule has 1 fully saturated rings. The Kier molecular flexibility index (Phi) is 5.76. The average Bonchev–Trinajstić information content (AvgIpc) is 3.27. The number of benzene rings is 2. The van der Waals surface area contributed by atoms with Crippen LogP contribution in [0.25, 0.3) is 11.2 Å². The Morgan fingerprint density at radius 1 is 1.06 bits per heavy atom. The Labute approximate surface area is 198 Å². The minimum absolute atomic E-state index is 0.000501. The second kappa shape index (κ2) is 9.02. The summed E-state index contributed by atoms with van der Waals surface area (Å²) in [6, 6.07) is 14.0. The van der Waals surface area contributed by atoms with E-state index in [0.29, 0.717) is 49.7 Å². The highest BCUT2D eigenvalue weighted by molar-refractivity contribution is 6.32. The number of halogens is 1. The van der Waals surface area contributed by atoms with E-state index in [4.69, 9.17) is 11.6 Å². The van der Waals surface area contributed by atoms with Crippen molar-refractivity contribution in [2.75, 3.05) is 31.1 Å². The lowest BCUT2D eigenvalue weighted by Gasteiger charge is -2.35. The Morgan fingerprint density at radius 3 is 2.56 bits per heavy atom. The van der Waals surface area contributed by atoms with Crippen LogP contribution >= 0.6 is 11.6 Å². The van der Waals surface area contributed by atoms with Crippen molar-refractivity contribution in [3.8, 4) is 0 Å². The van der Waals surface area contributed by atoms with Gasteiger partial charge in [0.25, 0.3) is 11.6 Å². The summed E-state index contributed by atoms with van der Waals surface area (Å²) >= 11 is 5.87. The second-order valence-corrected chi connectivity index (χ2v) is 8.21. The van der Waals surface area contributed by atoms with Crippen molar-refractivity contribution < 1.29 is 9.72 Å². The Hall–Kier alpha value is -4.12. The zero-order chi connectivity index (χ0) is 23.7. The third-order valence-corrected chi connectivity index (χ3v) is 6.03. The number of anilines is 1. The van der Waals surface area contributed by atoms with Crippen LogP contribution in [0.1, 0.15) is 15.9 Å². The van der Waals surface area contributed by atoms with Crippen LogP contribution in [0.15, 0.2) is 54.9 Å². The SMILES string of the molecule is O=C(c1ccc(Cl)c([N+](=O)[O-])c1)N1CCN(c2ncnc3c2nnn3Cc2ccccc2)CC1. The Balaban J connectivity index is 1.31. The molecule has 0 aliphatic carbocycles. The molecule has 11 nitrogen and oxygen atoms in total. The first-order valence-electron chi connectivity index (χ1n) is 10.6. The van der Waals surface area contributed by atoms with Crippen LogP contribution in [0.4, 0.5) is 11.5 Å². The molecule has 1 amide bonds. The fourth-order valence-electron chi connectivity index (χ4n) is 3.96. The molecule has 0 unspecified atom stereocenters. The molecule has 0 N–H and O–H groups in total. The van der Waals surface area contributed by atoms with Crippen LogP contribution in [0.2, 0.25) is 5.02 Å². The first-order valence-corrected chi connectivity index (χ1v) is 11.0. The number of nitro benzene ring substituents is 1. The summed E-state index contributed by atoms with van der Waals surface area (Å²) in [7, 11) is 0. The number of piperazine rings is 1. The summed E-state index contributed by atoms with van der Waals surface area (Å²) in [5.74, 6) is 0.389. The summed E-state index contributed by atoms with van der Waals surface area (Å²) in [6.07, 6.45) is 1.49. The molecule has 0 bridgehead atoms. The third-order valence-electron chi connectivity index (χ3n) is 5.71.